The van der Waals surface area contributed by atoms with E-state index in [-0.39, 0.29) is 17.8 Å². The van der Waals surface area contributed by atoms with Crippen LogP contribution in [0.1, 0.15) is 32.3 Å². The van der Waals surface area contributed by atoms with Crippen LogP contribution in [0.15, 0.2) is 18.2 Å². The van der Waals surface area contributed by atoms with Crippen LogP contribution in [0, 0.1) is 5.82 Å². The van der Waals surface area contributed by atoms with Gasteiger partial charge < -0.3 is 10.0 Å². The molecule has 108 valence electrons. The van der Waals surface area contributed by atoms with Gasteiger partial charge in [-0.3, -0.25) is 0 Å². The molecule has 1 aromatic rings. The highest BCUT2D eigenvalue weighted by Gasteiger charge is 2.37. The second-order valence-corrected chi connectivity index (χ2v) is 5.53. The minimum absolute atomic E-state index is 0.228. The largest absolute Gasteiger partial charge is 0.391 e. The summed E-state index contributed by atoms with van der Waals surface area (Å²) in [5.41, 5.74) is 0.0378. The minimum atomic E-state index is -0.660. The Kier molecular flexibility index (Phi) is 5.78. The highest BCUT2D eigenvalue weighted by atomic mass is 35.5. The lowest BCUT2D eigenvalue weighted by Crippen LogP contribution is -2.53. The molecule has 0 spiro atoms. The van der Waals surface area contributed by atoms with Gasteiger partial charge in [-0.25, -0.2) is 4.39 Å². The number of aliphatic hydroxyl groups is 1. The lowest BCUT2D eigenvalue weighted by atomic mass is 9.82. The zero-order valence-corrected chi connectivity index (χ0v) is 12.8. The van der Waals surface area contributed by atoms with Crippen LogP contribution in [0.2, 0.25) is 5.02 Å². The molecule has 4 heteroatoms. The van der Waals surface area contributed by atoms with Gasteiger partial charge in [0.25, 0.3) is 0 Å². The molecule has 0 aliphatic heterocycles. The second-order valence-electron chi connectivity index (χ2n) is 5.13. The molecule has 1 aromatic carbocycles. The molecule has 0 aliphatic rings. The van der Waals surface area contributed by atoms with E-state index in [0.29, 0.717) is 10.6 Å². The molecule has 1 rings (SSSR count). The highest BCUT2D eigenvalue weighted by Crippen LogP contribution is 2.30. The fourth-order valence-electron chi connectivity index (χ4n) is 2.76. The zero-order valence-electron chi connectivity index (χ0n) is 12.1. The monoisotopic (exact) mass is 287 g/mol. The Morgan fingerprint density at radius 2 is 1.89 bits per heavy atom. The molecule has 0 fully saturated rings. The van der Waals surface area contributed by atoms with Crippen molar-refractivity contribution in [3.63, 3.8) is 0 Å². The van der Waals surface area contributed by atoms with Crippen LogP contribution in [0.25, 0.3) is 0 Å². The van der Waals surface area contributed by atoms with Crippen LogP contribution in [0.5, 0.6) is 0 Å². The van der Waals surface area contributed by atoms with Crippen LogP contribution in [0.4, 0.5) is 4.39 Å². The molecule has 2 nitrogen and oxygen atoms in total. The third kappa shape index (κ3) is 3.28. The van der Waals surface area contributed by atoms with E-state index in [4.69, 9.17) is 11.6 Å². The van der Waals surface area contributed by atoms with Gasteiger partial charge >= 0.3 is 0 Å². The fourth-order valence-corrected chi connectivity index (χ4v) is 3.00. The predicted molar refractivity (Wildman–Crippen MR) is 78.1 cm³/mol. The van der Waals surface area contributed by atoms with Gasteiger partial charge in [0.15, 0.2) is 0 Å². The van der Waals surface area contributed by atoms with Gasteiger partial charge in [-0.1, -0.05) is 31.5 Å². The number of aliphatic hydroxyl groups excluding tert-OH is 1. The van der Waals surface area contributed by atoms with Crippen molar-refractivity contribution in [2.75, 3.05) is 14.1 Å². The van der Waals surface area contributed by atoms with E-state index in [2.05, 4.69) is 0 Å². The van der Waals surface area contributed by atoms with Gasteiger partial charge in [0.1, 0.15) is 5.82 Å². The minimum Gasteiger partial charge on any atom is -0.391 e. The summed E-state index contributed by atoms with van der Waals surface area (Å²) in [7, 11) is 3.89. The fraction of sp³-hybridized carbons (Fsp3) is 0.600. The zero-order chi connectivity index (χ0) is 14.6. The topological polar surface area (TPSA) is 23.5 Å². The molecule has 0 aromatic heterocycles. The summed E-state index contributed by atoms with van der Waals surface area (Å²) >= 11 is 6.02. The Morgan fingerprint density at radius 3 is 2.32 bits per heavy atom. The van der Waals surface area contributed by atoms with E-state index in [1.165, 1.54) is 6.07 Å². The van der Waals surface area contributed by atoms with Crippen molar-refractivity contribution in [3.05, 3.63) is 34.6 Å². The van der Waals surface area contributed by atoms with Gasteiger partial charge in [0.2, 0.25) is 0 Å². The van der Waals surface area contributed by atoms with Crippen molar-refractivity contribution in [1.29, 1.82) is 0 Å². The number of likely N-dealkylation sites (N-methyl/N-ethyl adjacent to an activating group) is 1. The average Bonchev–Trinajstić information content (AvgIpc) is 2.36. The number of benzene rings is 1. The molecule has 1 unspecified atom stereocenters. The van der Waals surface area contributed by atoms with E-state index in [1.807, 2.05) is 32.8 Å². The number of hydrogen-bond acceptors (Lipinski definition) is 2. The third-order valence-corrected chi connectivity index (χ3v) is 4.55. The molecule has 0 saturated carbocycles. The second kappa shape index (κ2) is 6.69. The van der Waals surface area contributed by atoms with Gasteiger partial charge in [-0.2, -0.15) is 0 Å². The van der Waals surface area contributed by atoms with E-state index in [1.54, 1.807) is 12.1 Å². The smallest absolute Gasteiger partial charge is 0.127 e. The molecule has 0 bridgehead atoms. The SMILES string of the molecule is CCC(CC)(C(O)Cc1c(F)cccc1Cl)N(C)C. The Balaban J connectivity index is 3.03. The molecule has 0 saturated heterocycles. The van der Waals surface area contributed by atoms with E-state index in [0.717, 1.165) is 12.8 Å². The molecule has 0 aliphatic carbocycles. The van der Waals surface area contributed by atoms with Gasteiger partial charge in [-0.05, 0) is 39.1 Å². The van der Waals surface area contributed by atoms with Crippen molar-refractivity contribution in [2.45, 2.75) is 44.8 Å². The molecule has 1 N–H and O–H groups in total. The van der Waals surface area contributed by atoms with Crippen LogP contribution in [-0.2, 0) is 6.42 Å². The molecule has 19 heavy (non-hydrogen) atoms. The molecular formula is C15H23ClFNO. The lowest BCUT2D eigenvalue weighted by molar-refractivity contribution is -0.0129. The summed E-state index contributed by atoms with van der Waals surface area (Å²) in [5, 5.41) is 10.9. The first kappa shape index (κ1) is 16.4. The Bertz CT molecular complexity index is 398. The molecule has 0 heterocycles. The van der Waals surface area contributed by atoms with Crippen molar-refractivity contribution < 1.29 is 9.50 Å². The normalized spacial score (nSPS) is 13.9. The van der Waals surface area contributed by atoms with E-state index < -0.39 is 6.10 Å². The Labute approximate surface area is 120 Å². The maximum absolute atomic E-state index is 13.8. The predicted octanol–water partition coefficient (Wildman–Crippen LogP) is 3.50. The lowest BCUT2D eigenvalue weighted by Gasteiger charge is -2.42. The number of rotatable bonds is 6. The quantitative estimate of drug-likeness (QED) is 0.865. The van der Waals surface area contributed by atoms with E-state index >= 15 is 0 Å². The van der Waals surface area contributed by atoms with Crippen LogP contribution >= 0.6 is 11.6 Å². The summed E-state index contributed by atoms with van der Waals surface area (Å²) in [4.78, 5) is 2.02. The van der Waals surface area contributed by atoms with Gasteiger partial charge in [-0.15, -0.1) is 0 Å². The first-order chi connectivity index (χ1) is 8.89. The first-order valence-corrected chi connectivity index (χ1v) is 7.05. The summed E-state index contributed by atoms with van der Waals surface area (Å²) in [6.45, 7) is 4.07. The third-order valence-electron chi connectivity index (χ3n) is 4.19. The molecule has 0 radical (unpaired) electrons. The van der Waals surface area contributed by atoms with E-state index in [9.17, 15) is 9.50 Å². The van der Waals surface area contributed by atoms with Crippen LogP contribution in [-0.4, -0.2) is 35.7 Å². The van der Waals surface area contributed by atoms with Gasteiger partial charge in [0, 0.05) is 22.5 Å². The molecule has 0 amide bonds. The first-order valence-electron chi connectivity index (χ1n) is 6.67. The van der Waals surface area contributed by atoms with Crippen LogP contribution < -0.4 is 0 Å². The average molecular weight is 288 g/mol. The number of nitrogens with zero attached hydrogens (tertiary/aromatic N) is 1. The van der Waals surface area contributed by atoms with Crippen molar-refractivity contribution in [2.24, 2.45) is 0 Å². The molecular weight excluding hydrogens is 265 g/mol. The Hall–Kier alpha value is -0.640. The maximum atomic E-state index is 13.8. The summed E-state index contributed by atoms with van der Waals surface area (Å²) in [5.74, 6) is -0.355. The molecule has 1 atom stereocenters. The van der Waals surface area contributed by atoms with Crippen LogP contribution in [0.3, 0.4) is 0 Å². The van der Waals surface area contributed by atoms with Crippen molar-refractivity contribution in [1.82, 2.24) is 4.90 Å². The Morgan fingerprint density at radius 1 is 1.32 bits per heavy atom. The van der Waals surface area contributed by atoms with Gasteiger partial charge in [0.05, 0.1) is 6.10 Å². The summed E-state index contributed by atoms with van der Waals surface area (Å²) in [6, 6.07) is 4.61. The standard InChI is InChI=1S/C15H23ClFNO/c1-5-15(6-2,18(3)4)14(19)10-11-12(16)8-7-9-13(11)17/h7-9,14,19H,5-6,10H2,1-4H3. The van der Waals surface area contributed by atoms with Crippen molar-refractivity contribution in [3.8, 4) is 0 Å². The highest BCUT2D eigenvalue weighted by molar-refractivity contribution is 6.31. The maximum Gasteiger partial charge on any atom is 0.127 e. The summed E-state index contributed by atoms with van der Waals surface area (Å²) < 4.78 is 13.8. The number of hydrogen-bond donors (Lipinski definition) is 1. The number of halogens is 2. The summed E-state index contributed by atoms with van der Waals surface area (Å²) in [6.07, 6.45) is 1.16. The van der Waals surface area contributed by atoms with Crippen molar-refractivity contribution >= 4 is 11.6 Å².